The van der Waals surface area contributed by atoms with Crippen LogP contribution in [0.5, 0.6) is 5.75 Å². The molecule has 10 heteroatoms. The zero-order valence-corrected chi connectivity index (χ0v) is 23.2. The molecule has 1 saturated carbocycles. The normalized spacial score (nSPS) is 31.7. The molecule has 9 nitrogen and oxygen atoms in total. The number of fused-ring (bicyclic) bond motifs is 2. The number of carbonyl (C=O) groups excluding carboxylic acids is 3. The average Bonchev–Trinajstić information content (AvgIpc) is 3.41. The molecular formula is C31H32FN3O6. The topological polar surface area (TPSA) is 153 Å². The van der Waals surface area contributed by atoms with Crippen LogP contribution in [0.15, 0.2) is 59.1 Å². The molecule has 4 aliphatic carbocycles. The standard InChI is InChI=1S/C31H32FN3O6/c1-13-30(2)22(28(33)40)26(38)23(35(3)4)17-11-15-10-16-18(32)12-19(34-29(41)14-8-6-5-7-9-14)24(36)21(16)25(37)20(15)27(39)31(13,17)30/h5-9,12-13,15,17,23,36,38-39H,10-11H2,1-4H3,(H2,33,40)(H,34,41)/t13?,15-,17-,23-,30+,31+/m0/s1. The molecule has 1 fully saturated rings. The van der Waals surface area contributed by atoms with Gasteiger partial charge in [0.05, 0.1) is 22.9 Å². The highest BCUT2D eigenvalue weighted by atomic mass is 19.1. The summed E-state index contributed by atoms with van der Waals surface area (Å²) in [7, 11) is 3.51. The molecule has 2 aromatic carbocycles. The van der Waals surface area contributed by atoms with E-state index in [4.69, 9.17) is 5.73 Å². The summed E-state index contributed by atoms with van der Waals surface area (Å²) in [5.74, 6) is -5.13. The number of phenols is 1. The summed E-state index contributed by atoms with van der Waals surface area (Å²) in [6.45, 7) is 3.62. The highest BCUT2D eigenvalue weighted by molar-refractivity contribution is 6.15. The third-order valence-electron chi connectivity index (χ3n) is 10.3. The molecule has 0 aromatic heterocycles. The van der Waals surface area contributed by atoms with Crippen molar-refractivity contribution in [1.29, 1.82) is 0 Å². The van der Waals surface area contributed by atoms with Gasteiger partial charge in [-0.3, -0.25) is 19.3 Å². The summed E-state index contributed by atoms with van der Waals surface area (Å²) in [5, 5.41) is 36.9. The maximum absolute atomic E-state index is 15.5. The van der Waals surface area contributed by atoms with E-state index in [2.05, 4.69) is 5.32 Å². The number of halogens is 1. The Balaban J connectivity index is 1.49. The highest BCUT2D eigenvalue weighted by Gasteiger charge is 2.83. The van der Waals surface area contributed by atoms with Crippen molar-refractivity contribution < 1.29 is 34.1 Å². The number of primary amides is 1. The Labute approximate surface area is 236 Å². The fraction of sp³-hybridized carbons (Fsp3) is 0.387. The van der Waals surface area contributed by atoms with E-state index < -0.39 is 57.9 Å². The van der Waals surface area contributed by atoms with Crippen LogP contribution in [-0.4, -0.2) is 58.0 Å². The molecule has 6 rings (SSSR count). The summed E-state index contributed by atoms with van der Waals surface area (Å²) >= 11 is 0. The molecule has 0 bridgehead atoms. The molecule has 214 valence electrons. The van der Waals surface area contributed by atoms with Gasteiger partial charge >= 0.3 is 0 Å². The van der Waals surface area contributed by atoms with Gasteiger partial charge in [0, 0.05) is 33.6 Å². The van der Waals surface area contributed by atoms with Gasteiger partial charge in [-0.2, -0.15) is 0 Å². The van der Waals surface area contributed by atoms with E-state index in [9.17, 15) is 29.7 Å². The van der Waals surface area contributed by atoms with Gasteiger partial charge in [-0.25, -0.2) is 4.39 Å². The molecule has 0 aliphatic heterocycles. The van der Waals surface area contributed by atoms with Gasteiger partial charge in [-0.05, 0) is 56.8 Å². The summed E-state index contributed by atoms with van der Waals surface area (Å²) < 4.78 is 15.5. The second-order valence-electron chi connectivity index (χ2n) is 12.1. The Kier molecular flexibility index (Phi) is 5.70. The monoisotopic (exact) mass is 561 g/mol. The number of hydrogen-bond donors (Lipinski definition) is 5. The van der Waals surface area contributed by atoms with Crippen molar-refractivity contribution in [2.45, 2.75) is 32.7 Å². The number of aliphatic hydroxyl groups is 2. The van der Waals surface area contributed by atoms with Crippen LogP contribution >= 0.6 is 0 Å². The summed E-state index contributed by atoms with van der Waals surface area (Å²) in [6, 6.07) is 8.51. The zero-order chi connectivity index (χ0) is 29.8. The first-order chi connectivity index (χ1) is 19.3. The maximum Gasteiger partial charge on any atom is 0.255 e. The summed E-state index contributed by atoms with van der Waals surface area (Å²) in [6.07, 6.45) is 0.355. The number of allylic oxidation sites excluding steroid dienone is 2. The molecule has 0 radical (unpaired) electrons. The van der Waals surface area contributed by atoms with Crippen molar-refractivity contribution >= 4 is 23.3 Å². The van der Waals surface area contributed by atoms with Crippen molar-refractivity contribution in [2.75, 3.05) is 19.4 Å². The van der Waals surface area contributed by atoms with Gasteiger partial charge in [0.2, 0.25) is 5.91 Å². The number of nitrogens with one attached hydrogen (secondary N) is 1. The average molecular weight is 562 g/mol. The molecule has 0 heterocycles. The predicted octanol–water partition coefficient (Wildman–Crippen LogP) is 3.85. The quantitative estimate of drug-likeness (QED) is 0.355. The first-order valence-corrected chi connectivity index (χ1v) is 13.6. The van der Waals surface area contributed by atoms with Crippen molar-refractivity contribution in [3.63, 3.8) is 0 Å². The Morgan fingerprint density at radius 2 is 1.80 bits per heavy atom. The minimum atomic E-state index is -1.06. The van der Waals surface area contributed by atoms with Gasteiger partial charge < -0.3 is 26.4 Å². The third-order valence-corrected chi connectivity index (χ3v) is 10.3. The number of nitrogens with zero attached hydrogens (tertiary/aromatic N) is 1. The summed E-state index contributed by atoms with van der Waals surface area (Å²) in [4.78, 5) is 41.2. The van der Waals surface area contributed by atoms with Crippen molar-refractivity contribution in [3.05, 3.63) is 81.6 Å². The van der Waals surface area contributed by atoms with E-state index >= 15 is 4.39 Å². The largest absolute Gasteiger partial charge is 0.511 e. The lowest BCUT2D eigenvalue weighted by Crippen LogP contribution is -2.52. The van der Waals surface area contributed by atoms with Crippen molar-refractivity contribution in [3.8, 4) is 5.75 Å². The van der Waals surface area contributed by atoms with Crippen LogP contribution in [0.25, 0.3) is 0 Å². The first kappa shape index (κ1) is 27.0. The van der Waals surface area contributed by atoms with E-state index in [1.807, 2.05) is 6.92 Å². The van der Waals surface area contributed by atoms with Gasteiger partial charge in [-0.1, -0.05) is 32.0 Å². The Morgan fingerprint density at radius 3 is 2.41 bits per heavy atom. The number of aromatic hydroxyl groups is 1. The summed E-state index contributed by atoms with van der Waals surface area (Å²) in [5.41, 5.74) is 3.49. The Bertz CT molecular complexity index is 1620. The number of phenolic OH excluding ortho intramolecular Hbond substituents is 1. The number of ketones is 1. The Hall–Kier alpha value is -4.18. The number of aliphatic hydroxyl groups excluding tert-OH is 2. The third kappa shape index (κ3) is 3.22. The van der Waals surface area contributed by atoms with Crippen molar-refractivity contribution in [2.24, 2.45) is 34.3 Å². The second-order valence-corrected chi connectivity index (χ2v) is 12.1. The fourth-order valence-electron chi connectivity index (χ4n) is 8.49. The van der Waals surface area contributed by atoms with Gasteiger partial charge in [0.25, 0.3) is 5.91 Å². The second kappa shape index (κ2) is 8.66. The molecule has 1 spiro atoms. The molecule has 0 saturated heterocycles. The first-order valence-electron chi connectivity index (χ1n) is 13.6. The van der Waals surface area contributed by atoms with Gasteiger partial charge in [-0.15, -0.1) is 0 Å². The van der Waals surface area contributed by atoms with Crippen LogP contribution in [0.4, 0.5) is 10.1 Å². The number of amides is 2. The lowest BCUT2D eigenvalue weighted by atomic mass is 9.58. The predicted molar refractivity (Wildman–Crippen MR) is 148 cm³/mol. The van der Waals surface area contributed by atoms with Crippen molar-refractivity contribution in [1.82, 2.24) is 4.90 Å². The van der Waals surface area contributed by atoms with E-state index in [0.717, 1.165) is 6.07 Å². The number of likely N-dealkylation sites (N-methyl/N-ethyl adjacent to an activating group) is 1. The smallest absolute Gasteiger partial charge is 0.255 e. The van der Waals surface area contributed by atoms with Crippen LogP contribution < -0.4 is 11.1 Å². The minimum Gasteiger partial charge on any atom is -0.511 e. The molecular weight excluding hydrogens is 529 g/mol. The molecule has 2 amide bonds. The lowest BCUT2D eigenvalue weighted by molar-refractivity contribution is -0.116. The number of carbonyl (C=O) groups is 3. The van der Waals surface area contributed by atoms with E-state index in [0.29, 0.717) is 6.42 Å². The van der Waals surface area contributed by atoms with E-state index in [-0.39, 0.29) is 57.4 Å². The molecule has 1 unspecified atom stereocenters. The number of anilines is 1. The SMILES string of the molecule is CC1[C@]2(C)C(C(N)=O)=C(O)[C@@H](N(C)C)[C@@H]3C[C@@H]4Cc5c(F)cc(NC(=O)c6ccccc6)c(O)c5C(=O)C4=C(O)[C@@]132. The number of rotatable bonds is 4. The highest BCUT2D eigenvalue weighted by Crippen LogP contribution is 2.83. The molecule has 2 aromatic rings. The number of Topliss-reactive ketones (excluding diaryl/α,β-unsaturated/α-hetero) is 1. The number of nitrogens with two attached hydrogens (primary N) is 1. The number of hydrogen-bond acceptors (Lipinski definition) is 7. The van der Waals surface area contributed by atoms with Gasteiger partial charge in [0.1, 0.15) is 17.3 Å². The molecule has 6 N–H and O–H groups in total. The minimum absolute atomic E-state index is 0.00381. The van der Waals surface area contributed by atoms with Crippen LogP contribution in [0, 0.1) is 34.4 Å². The maximum atomic E-state index is 15.5. The van der Waals surface area contributed by atoms with E-state index in [1.165, 1.54) is 0 Å². The molecule has 6 atom stereocenters. The molecule has 4 aliphatic rings. The van der Waals surface area contributed by atoms with Crippen LogP contribution in [0.1, 0.15) is 46.5 Å². The Morgan fingerprint density at radius 1 is 1.15 bits per heavy atom. The van der Waals surface area contributed by atoms with Crippen LogP contribution in [0.2, 0.25) is 0 Å². The van der Waals surface area contributed by atoms with Crippen LogP contribution in [-0.2, 0) is 11.2 Å². The van der Waals surface area contributed by atoms with Crippen LogP contribution in [0.3, 0.4) is 0 Å². The fourth-order valence-corrected chi connectivity index (χ4v) is 8.49. The lowest BCUT2D eigenvalue weighted by Gasteiger charge is -2.49. The zero-order valence-electron chi connectivity index (χ0n) is 23.2. The van der Waals surface area contributed by atoms with E-state index in [1.54, 1.807) is 56.3 Å². The van der Waals surface area contributed by atoms with Gasteiger partial charge in [0.15, 0.2) is 11.5 Å². The molecule has 41 heavy (non-hydrogen) atoms. The number of benzene rings is 2.